The van der Waals surface area contributed by atoms with Gasteiger partial charge in [0.25, 0.3) is 0 Å². The molecule has 0 spiro atoms. The Morgan fingerprint density at radius 3 is 2.15 bits per heavy atom. The molecule has 1 unspecified atom stereocenters. The van der Waals surface area contributed by atoms with Crippen LogP contribution in [0.25, 0.3) is 11.1 Å². The third-order valence-electron chi connectivity index (χ3n) is 5.80. The highest BCUT2D eigenvalue weighted by atomic mass is 16.6. The second-order valence-corrected chi connectivity index (χ2v) is 7.36. The third kappa shape index (κ3) is 3.45. The maximum Gasteiger partial charge on any atom is 0.409 e. The highest BCUT2D eigenvalue weighted by Gasteiger charge is 2.30. The molecule has 1 atom stereocenters. The van der Waals surface area contributed by atoms with Crippen LogP contribution >= 0.6 is 0 Å². The normalized spacial score (nSPS) is 18.1. The van der Waals surface area contributed by atoms with E-state index < -0.39 is 0 Å². The number of aliphatic hydroxyl groups excluding tert-OH is 1. The molecule has 5 heteroatoms. The molecule has 2 aliphatic rings. The average molecular weight is 366 g/mol. The fourth-order valence-corrected chi connectivity index (χ4v) is 4.15. The minimum Gasteiger partial charge on any atom is -0.448 e. The Balaban J connectivity index is 1.40. The maximum absolute atomic E-state index is 12.6. The van der Waals surface area contributed by atoms with Crippen molar-refractivity contribution in [3.63, 3.8) is 0 Å². The number of piperazine rings is 1. The van der Waals surface area contributed by atoms with Crippen molar-refractivity contribution in [1.29, 1.82) is 0 Å². The summed E-state index contributed by atoms with van der Waals surface area (Å²) in [7, 11) is 0. The molecule has 1 amide bonds. The van der Waals surface area contributed by atoms with Crippen LogP contribution in [0.1, 0.15) is 24.0 Å². The average Bonchev–Trinajstić information content (AvgIpc) is 3.05. The largest absolute Gasteiger partial charge is 0.448 e. The van der Waals surface area contributed by atoms with Gasteiger partial charge in [-0.05, 0) is 29.2 Å². The Morgan fingerprint density at radius 1 is 1.04 bits per heavy atom. The number of hydrogen-bond donors (Lipinski definition) is 1. The smallest absolute Gasteiger partial charge is 0.409 e. The van der Waals surface area contributed by atoms with Crippen LogP contribution in [-0.2, 0) is 4.74 Å². The molecule has 27 heavy (non-hydrogen) atoms. The second kappa shape index (κ2) is 7.71. The number of carbonyl (C=O) groups excluding carboxylic acids is 1. The van der Waals surface area contributed by atoms with Gasteiger partial charge in [-0.1, -0.05) is 48.5 Å². The molecular weight excluding hydrogens is 340 g/mol. The summed E-state index contributed by atoms with van der Waals surface area (Å²) in [6.45, 7) is 5.33. The van der Waals surface area contributed by atoms with E-state index in [9.17, 15) is 9.90 Å². The van der Waals surface area contributed by atoms with Crippen LogP contribution in [0, 0.1) is 0 Å². The summed E-state index contributed by atoms with van der Waals surface area (Å²) in [6, 6.07) is 16.9. The summed E-state index contributed by atoms with van der Waals surface area (Å²) in [5, 5.41) is 9.28. The van der Waals surface area contributed by atoms with Crippen molar-refractivity contribution < 1.29 is 14.6 Å². The van der Waals surface area contributed by atoms with E-state index in [0.29, 0.717) is 19.7 Å². The van der Waals surface area contributed by atoms with Crippen LogP contribution in [0.15, 0.2) is 48.5 Å². The van der Waals surface area contributed by atoms with Gasteiger partial charge >= 0.3 is 6.09 Å². The van der Waals surface area contributed by atoms with E-state index in [1.807, 2.05) is 19.1 Å². The summed E-state index contributed by atoms with van der Waals surface area (Å²) in [5.74, 6) is 0.0945. The minimum atomic E-state index is -0.242. The summed E-state index contributed by atoms with van der Waals surface area (Å²) in [4.78, 5) is 16.5. The monoisotopic (exact) mass is 366 g/mol. The summed E-state index contributed by atoms with van der Waals surface area (Å²) in [5.41, 5.74) is 4.93. The van der Waals surface area contributed by atoms with Crippen molar-refractivity contribution in [2.24, 2.45) is 0 Å². The van der Waals surface area contributed by atoms with Crippen LogP contribution in [0.5, 0.6) is 0 Å². The van der Waals surface area contributed by atoms with Crippen LogP contribution in [-0.4, -0.2) is 66.4 Å². The molecule has 0 radical (unpaired) electrons. The second-order valence-electron chi connectivity index (χ2n) is 7.36. The third-order valence-corrected chi connectivity index (χ3v) is 5.80. The van der Waals surface area contributed by atoms with Crippen molar-refractivity contribution in [1.82, 2.24) is 9.80 Å². The van der Waals surface area contributed by atoms with Crippen LogP contribution in [0.3, 0.4) is 0 Å². The van der Waals surface area contributed by atoms with Gasteiger partial charge < -0.3 is 14.7 Å². The first-order valence-electron chi connectivity index (χ1n) is 9.64. The van der Waals surface area contributed by atoms with Crippen molar-refractivity contribution in [2.45, 2.75) is 18.9 Å². The van der Waals surface area contributed by atoms with E-state index in [0.717, 1.165) is 13.1 Å². The number of nitrogens with zero attached hydrogens (tertiary/aromatic N) is 2. The van der Waals surface area contributed by atoms with E-state index >= 15 is 0 Å². The molecule has 1 aliphatic carbocycles. The van der Waals surface area contributed by atoms with Gasteiger partial charge in [-0.15, -0.1) is 0 Å². The SMILES string of the molecule is CC(CO)N1CCN(C(=O)OCC2c3ccccc3-c3ccccc32)CC1. The predicted octanol–water partition coefficient (Wildman–Crippen LogP) is 2.93. The van der Waals surface area contributed by atoms with Gasteiger partial charge in [0.1, 0.15) is 6.61 Å². The topological polar surface area (TPSA) is 53.0 Å². The lowest BCUT2D eigenvalue weighted by molar-refractivity contribution is 0.0530. The number of hydrogen-bond acceptors (Lipinski definition) is 4. The molecule has 5 nitrogen and oxygen atoms in total. The van der Waals surface area contributed by atoms with Gasteiger partial charge in [0, 0.05) is 38.1 Å². The summed E-state index contributed by atoms with van der Waals surface area (Å²) >= 11 is 0. The number of ether oxygens (including phenoxy) is 1. The van der Waals surface area contributed by atoms with Gasteiger partial charge in [-0.2, -0.15) is 0 Å². The Kier molecular flexibility index (Phi) is 5.14. The zero-order valence-electron chi connectivity index (χ0n) is 15.7. The van der Waals surface area contributed by atoms with Gasteiger partial charge in [-0.3, -0.25) is 4.90 Å². The van der Waals surface area contributed by atoms with Crippen molar-refractivity contribution >= 4 is 6.09 Å². The molecule has 2 aromatic carbocycles. The molecule has 0 saturated carbocycles. The van der Waals surface area contributed by atoms with Gasteiger partial charge in [0.2, 0.25) is 0 Å². The van der Waals surface area contributed by atoms with E-state index in [-0.39, 0.29) is 24.7 Å². The number of rotatable bonds is 4. The molecule has 1 heterocycles. The van der Waals surface area contributed by atoms with Crippen LogP contribution < -0.4 is 0 Å². The molecular formula is C22H26N2O3. The molecule has 0 aromatic heterocycles. The minimum absolute atomic E-state index is 0.0945. The van der Waals surface area contributed by atoms with Crippen molar-refractivity contribution in [3.05, 3.63) is 59.7 Å². The first kappa shape index (κ1) is 18.0. The summed E-state index contributed by atoms with van der Waals surface area (Å²) in [6.07, 6.45) is -0.242. The first-order chi connectivity index (χ1) is 13.2. The zero-order valence-corrected chi connectivity index (χ0v) is 15.7. The molecule has 0 bridgehead atoms. The van der Waals surface area contributed by atoms with E-state index in [1.165, 1.54) is 22.3 Å². The Bertz CT molecular complexity index is 769. The fraction of sp³-hybridized carbons (Fsp3) is 0.409. The van der Waals surface area contributed by atoms with Gasteiger partial charge in [-0.25, -0.2) is 4.79 Å². The lowest BCUT2D eigenvalue weighted by Gasteiger charge is -2.37. The molecule has 1 fully saturated rings. The lowest BCUT2D eigenvalue weighted by atomic mass is 9.98. The van der Waals surface area contributed by atoms with Gasteiger partial charge in [0.15, 0.2) is 0 Å². The number of amides is 1. The van der Waals surface area contributed by atoms with Crippen molar-refractivity contribution in [3.8, 4) is 11.1 Å². The Labute approximate surface area is 160 Å². The number of fused-ring (bicyclic) bond motifs is 3. The van der Waals surface area contributed by atoms with Gasteiger partial charge in [0.05, 0.1) is 6.61 Å². The van der Waals surface area contributed by atoms with Crippen molar-refractivity contribution in [2.75, 3.05) is 39.4 Å². The highest BCUT2D eigenvalue weighted by molar-refractivity contribution is 5.79. The number of benzene rings is 2. The summed E-state index contributed by atoms with van der Waals surface area (Å²) < 4.78 is 5.72. The number of carbonyl (C=O) groups is 1. The van der Waals surface area contributed by atoms with E-state index in [1.54, 1.807) is 4.90 Å². The van der Waals surface area contributed by atoms with E-state index in [4.69, 9.17) is 4.74 Å². The Morgan fingerprint density at radius 2 is 1.59 bits per heavy atom. The predicted molar refractivity (Wildman–Crippen MR) is 105 cm³/mol. The van der Waals surface area contributed by atoms with E-state index in [2.05, 4.69) is 41.3 Å². The highest BCUT2D eigenvalue weighted by Crippen LogP contribution is 2.44. The number of aliphatic hydroxyl groups is 1. The quantitative estimate of drug-likeness (QED) is 0.904. The fourth-order valence-electron chi connectivity index (χ4n) is 4.15. The molecule has 1 N–H and O–H groups in total. The lowest BCUT2D eigenvalue weighted by Crippen LogP contribution is -2.52. The standard InChI is InChI=1S/C22H26N2O3/c1-16(14-25)23-10-12-24(13-11-23)22(26)27-15-21-19-8-4-2-6-17(19)18-7-3-5-9-20(18)21/h2-9,16,21,25H,10-15H2,1H3. The van der Waals surface area contributed by atoms with Crippen LogP contribution in [0.4, 0.5) is 4.79 Å². The van der Waals surface area contributed by atoms with Crippen LogP contribution in [0.2, 0.25) is 0 Å². The molecule has 1 aliphatic heterocycles. The Hall–Kier alpha value is -2.37. The zero-order chi connectivity index (χ0) is 18.8. The molecule has 142 valence electrons. The maximum atomic E-state index is 12.6. The molecule has 2 aromatic rings. The molecule has 1 saturated heterocycles. The molecule has 4 rings (SSSR count). The first-order valence-corrected chi connectivity index (χ1v) is 9.64.